The first kappa shape index (κ1) is 20.2. The van der Waals surface area contributed by atoms with Crippen LogP contribution in [-0.2, 0) is 9.30 Å². The Balaban J connectivity index is 2.47. The van der Waals surface area contributed by atoms with Crippen molar-refractivity contribution in [3.63, 3.8) is 0 Å². The van der Waals surface area contributed by atoms with Gasteiger partial charge in [0.05, 0.1) is 6.54 Å². The molecule has 9 heteroatoms. The van der Waals surface area contributed by atoms with E-state index >= 15 is 0 Å². The molecule has 0 heterocycles. The molecule has 0 unspecified atom stereocenters. The Bertz CT molecular complexity index is 633. The Hall–Kier alpha value is -1.89. The molecule has 0 radical (unpaired) electrons. The van der Waals surface area contributed by atoms with Gasteiger partial charge in [-0.25, -0.2) is 4.79 Å². The number of rotatable bonds is 7. The maximum Gasteiger partial charge on any atom is 0.407 e. The molecule has 0 aliphatic heterocycles. The monoisotopic (exact) mass is 359 g/mol. The van der Waals surface area contributed by atoms with Gasteiger partial charge in [0.25, 0.3) is 0 Å². The second-order valence-corrected chi connectivity index (χ2v) is 7.70. The third kappa shape index (κ3) is 8.67. The third-order valence-corrected chi connectivity index (χ3v) is 3.24. The normalized spacial score (nSPS) is 11.7. The Morgan fingerprint density at radius 1 is 1.25 bits per heavy atom. The van der Waals surface area contributed by atoms with E-state index in [0.29, 0.717) is 5.75 Å². The minimum atomic E-state index is -4.41. The fourth-order valence-electron chi connectivity index (χ4n) is 1.67. The van der Waals surface area contributed by atoms with Crippen LogP contribution in [0, 0.1) is 0 Å². The van der Waals surface area contributed by atoms with E-state index in [4.69, 9.17) is 19.3 Å². The zero-order valence-electron chi connectivity index (χ0n) is 13.8. The number of Topliss-reactive ketones (excluding diaryl/α,β-unsaturated/α-hetero) is 1. The molecule has 24 heavy (non-hydrogen) atoms. The molecule has 1 aromatic carbocycles. The molecule has 3 N–H and O–H groups in total. The highest BCUT2D eigenvalue weighted by Gasteiger charge is 2.20. The van der Waals surface area contributed by atoms with Gasteiger partial charge in [-0.2, -0.15) is 0 Å². The van der Waals surface area contributed by atoms with Crippen LogP contribution in [0.1, 0.15) is 31.1 Å². The van der Waals surface area contributed by atoms with Gasteiger partial charge in [-0.1, -0.05) is 12.1 Å². The van der Waals surface area contributed by atoms with Crippen LogP contribution in [0.2, 0.25) is 0 Å². The van der Waals surface area contributed by atoms with E-state index in [-0.39, 0.29) is 18.7 Å². The van der Waals surface area contributed by atoms with Gasteiger partial charge in [-0.05, 0) is 32.9 Å². The van der Waals surface area contributed by atoms with Crippen molar-refractivity contribution >= 4 is 19.5 Å². The van der Waals surface area contributed by atoms with Gasteiger partial charge >= 0.3 is 13.7 Å². The summed E-state index contributed by atoms with van der Waals surface area (Å²) in [5.41, 5.74) is -0.436. The van der Waals surface area contributed by atoms with Crippen LogP contribution in [0.15, 0.2) is 24.3 Å². The number of ether oxygens (including phenoxy) is 2. The summed E-state index contributed by atoms with van der Waals surface area (Å²) >= 11 is 0. The number of benzene rings is 1. The van der Waals surface area contributed by atoms with Gasteiger partial charge in [0, 0.05) is 5.56 Å². The summed E-state index contributed by atoms with van der Waals surface area (Å²) in [6, 6.07) is 5.99. The van der Waals surface area contributed by atoms with Crippen LogP contribution in [-0.4, -0.2) is 46.6 Å². The zero-order valence-corrected chi connectivity index (χ0v) is 14.7. The van der Waals surface area contributed by atoms with Crippen molar-refractivity contribution in [2.45, 2.75) is 26.4 Å². The quantitative estimate of drug-likeness (QED) is 0.386. The number of alkyl carbamates (subject to hydrolysis) is 1. The van der Waals surface area contributed by atoms with Crippen LogP contribution in [0.25, 0.3) is 0 Å². The van der Waals surface area contributed by atoms with E-state index in [1.165, 1.54) is 12.1 Å². The smallest absolute Gasteiger partial charge is 0.407 e. The zero-order chi connectivity index (χ0) is 18.4. The number of hydrogen-bond acceptors (Lipinski definition) is 5. The predicted molar refractivity (Wildman–Crippen MR) is 87.4 cm³/mol. The third-order valence-electron chi connectivity index (χ3n) is 2.54. The van der Waals surface area contributed by atoms with Crippen molar-refractivity contribution in [2.24, 2.45) is 0 Å². The molecule has 0 aliphatic rings. The Morgan fingerprint density at radius 3 is 2.50 bits per heavy atom. The van der Waals surface area contributed by atoms with Gasteiger partial charge in [-0.3, -0.25) is 9.36 Å². The standard InChI is InChI=1S/C15H22NO7P/c1-15(2,3)23-14(18)16-7-8-22-12-6-4-5-11(9-12)13(17)10-24(19,20)21/h4-6,9H,7-8,10H2,1-3H3,(H,16,18)(H2,19,20,21). The maximum absolute atomic E-state index is 11.7. The number of carbonyl (C=O) groups is 2. The largest absolute Gasteiger partial charge is 0.492 e. The van der Waals surface area contributed by atoms with Gasteiger partial charge in [-0.15, -0.1) is 0 Å². The first-order valence-corrected chi connectivity index (χ1v) is 9.03. The second kappa shape index (κ2) is 8.28. The molecule has 0 saturated heterocycles. The van der Waals surface area contributed by atoms with E-state index in [1.54, 1.807) is 32.9 Å². The summed E-state index contributed by atoms with van der Waals surface area (Å²) in [6.45, 7) is 5.61. The van der Waals surface area contributed by atoms with Gasteiger partial charge in [0.1, 0.15) is 24.1 Å². The maximum atomic E-state index is 11.7. The van der Waals surface area contributed by atoms with Crippen molar-refractivity contribution in [3.8, 4) is 5.75 Å². The molecule has 0 fully saturated rings. The number of amides is 1. The highest BCUT2D eigenvalue weighted by molar-refractivity contribution is 7.52. The van der Waals surface area contributed by atoms with Crippen molar-refractivity contribution < 1.29 is 33.4 Å². The Kier molecular flexibility index (Phi) is 6.95. The lowest BCUT2D eigenvalue weighted by Gasteiger charge is -2.19. The van der Waals surface area contributed by atoms with Crippen molar-refractivity contribution in [3.05, 3.63) is 29.8 Å². The number of hydrogen-bond donors (Lipinski definition) is 3. The number of nitrogens with one attached hydrogen (secondary N) is 1. The summed E-state index contributed by atoms with van der Waals surface area (Å²) in [6.07, 6.45) is -1.41. The number of ketones is 1. The Labute approximate surface area is 140 Å². The average molecular weight is 359 g/mol. The molecule has 8 nitrogen and oxygen atoms in total. The lowest BCUT2D eigenvalue weighted by molar-refractivity contribution is 0.0520. The number of carbonyl (C=O) groups excluding carboxylic acids is 2. The summed E-state index contributed by atoms with van der Waals surface area (Å²) < 4.78 is 21.3. The highest BCUT2D eigenvalue weighted by Crippen LogP contribution is 2.35. The van der Waals surface area contributed by atoms with Crippen molar-refractivity contribution in [1.82, 2.24) is 5.32 Å². The van der Waals surface area contributed by atoms with Crippen LogP contribution >= 0.6 is 7.60 Å². The van der Waals surface area contributed by atoms with Gasteiger partial charge < -0.3 is 24.6 Å². The van der Waals surface area contributed by atoms with E-state index < -0.39 is 31.2 Å². The van der Waals surface area contributed by atoms with E-state index in [9.17, 15) is 14.2 Å². The highest BCUT2D eigenvalue weighted by atomic mass is 31.2. The fourth-order valence-corrected chi connectivity index (χ4v) is 2.23. The minimum Gasteiger partial charge on any atom is -0.492 e. The fraction of sp³-hybridized carbons (Fsp3) is 0.467. The molecular weight excluding hydrogens is 337 g/mol. The summed E-state index contributed by atoms with van der Waals surface area (Å²) in [4.78, 5) is 40.8. The average Bonchev–Trinajstić information content (AvgIpc) is 2.40. The SMILES string of the molecule is CC(C)(C)OC(=O)NCCOc1cccc(C(=O)CP(=O)(O)O)c1. The summed E-state index contributed by atoms with van der Waals surface area (Å²) in [7, 11) is -4.41. The second-order valence-electron chi connectivity index (χ2n) is 6.05. The first-order chi connectivity index (χ1) is 11.0. The van der Waals surface area contributed by atoms with Gasteiger partial charge in [0.15, 0.2) is 5.78 Å². The molecule has 0 aliphatic carbocycles. The molecule has 1 amide bonds. The van der Waals surface area contributed by atoms with Crippen molar-refractivity contribution in [2.75, 3.05) is 19.3 Å². The summed E-state index contributed by atoms with van der Waals surface area (Å²) in [5, 5.41) is 2.52. The van der Waals surface area contributed by atoms with E-state index in [1.807, 2.05) is 0 Å². The van der Waals surface area contributed by atoms with Gasteiger partial charge in [0.2, 0.25) is 0 Å². The molecule has 0 aromatic heterocycles. The molecule has 1 rings (SSSR count). The minimum absolute atomic E-state index is 0.148. The Morgan fingerprint density at radius 2 is 1.92 bits per heavy atom. The van der Waals surface area contributed by atoms with Crippen LogP contribution in [0.5, 0.6) is 5.75 Å². The van der Waals surface area contributed by atoms with Crippen LogP contribution < -0.4 is 10.1 Å². The molecular formula is C15H22NO7P. The summed E-state index contributed by atoms with van der Waals surface area (Å²) in [5.74, 6) is -0.307. The topological polar surface area (TPSA) is 122 Å². The molecule has 0 spiro atoms. The predicted octanol–water partition coefficient (Wildman–Crippen LogP) is 1.95. The lowest BCUT2D eigenvalue weighted by Crippen LogP contribution is -2.34. The molecule has 0 atom stereocenters. The van der Waals surface area contributed by atoms with Crippen molar-refractivity contribution in [1.29, 1.82) is 0 Å². The van der Waals surface area contributed by atoms with Crippen LogP contribution in [0.3, 0.4) is 0 Å². The molecule has 1 aromatic rings. The lowest BCUT2D eigenvalue weighted by atomic mass is 10.1. The van der Waals surface area contributed by atoms with E-state index in [2.05, 4.69) is 5.32 Å². The van der Waals surface area contributed by atoms with Crippen LogP contribution in [0.4, 0.5) is 4.79 Å². The first-order valence-electron chi connectivity index (χ1n) is 7.24. The molecule has 0 saturated carbocycles. The molecule has 0 bridgehead atoms. The molecule has 134 valence electrons. The van der Waals surface area contributed by atoms with E-state index in [0.717, 1.165) is 0 Å².